The van der Waals surface area contributed by atoms with Crippen molar-refractivity contribution >= 4 is 13.5 Å². The molecule has 0 aliphatic rings. The molecule has 0 aromatic carbocycles. The van der Waals surface area contributed by atoms with E-state index in [1.165, 1.54) is 13.8 Å². The second-order valence-corrected chi connectivity index (χ2v) is 6.92. The summed E-state index contributed by atoms with van der Waals surface area (Å²) in [7, 11) is -1.65. The molecule has 0 aliphatic heterocycles. The summed E-state index contributed by atoms with van der Waals surface area (Å²) < 4.78 is 21.7. The molecule has 0 aliphatic carbocycles. The summed E-state index contributed by atoms with van der Waals surface area (Å²) in [5, 5.41) is 2.74. The van der Waals surface area contributed by atoms with E-state index in [2.05, 4.69) is 9.82 Å². The second-order valence-electron chi connectivity index (χ2n) is 4.71. The molecule has 0 fully saturated rings. The normalized spacial score (nSPS) is 17.6. The fraction of sp³-hybridized carbons (Fsp3) is 0.900. The van der Waals surface area contributed by atoms with Crippen molar-refractivity contribution in [1.29, 1.82) is 0 Å². The molecule has 6 heteroatoms. The zero-order valence-corrected chi connectivity index (χ0v) is 11.8. The van der Waals surface area contributed by atoms with Crippen LogP contribution < -0.4 is 5.09 Å². The van der Waals surface area contributed by atoms with Gasteiger partial charge in [-0.15, -0.1) is 0 Å². The summed E-state index contributed by atoms with van der Waals surface area (Å²) >= 11 is 0. The van der Waals surface area contributed by atoms with Crippen LogP contribution in [0.1, 0.15) is 27.7 Å². The van der Waals surface area contributed by atoms with Crippen LogP contribution in [0.3, 0.4) is 0 Å². The Bertz CT molecular complexity index is 285. The van der Waals surface area contributed by atoms with Gasteiger partial charge in [-0.25, -0.2) is 5.09 Å². The van der Waals surface area contributed by atoms with Gasteiger partial charge >= 0.3 is 5.97 Å². The number of methoxy groups -OCH3 is 1. The lowest BCUT2D eigenvalue weighted by Gasteiger charge is -2.31. The van der Waals surface area contributed by atoms with E-state index in [0.717, 1.165) is 0 Å². The highest BCUT2D eigenvalue weighted by atomic mass is 31.2. The Kier molecular flexibility index (Phi) is 5.66. The molecule has 0 rings (SSSR count). The van der Waals surface area contributed by atoms with E-state index in [1.807, 2.05) is 20.8 Å². The van der Waals surface area contributed by atoms with Crippen LogP contribution in [0, 0.1) is 5.41 Å². The third kappa shape index (κ3) is 5.10. The zero-order chi connectivity index (χ0) is 13.0. The number of carbonyl (C=O) groups is 1. The summed E-state index contributed by atoms with van der Waals surface area (Å²) in [6.07, 6.45) is 0. The van der Waals surface area contributed by atoms with Gasteiger partial charge in [0.05, 0.1) is 13.7 Å². The fourth-order valence-corrected chi connectivity index (χ4v) is 2.76. The highest BCUT2D eigenvalue weighted by molar-refractivity contribution is 7.56. The van der Waals surface area contributed by atoms with Gasteiger partial charge in [-0.2, -0.15) is 0 Å². The van der Waals surface area contributed by atoms with E-state index in [4.69, 9.17) is 4.52 Å². The van der Waals surface area contributed by atoms with Gasteiger partial charge in [0.25, 0.3) is 7.52 Å². The monoisotopic (exact) mass is 251 g/mol. The van der Waals surface area contributed by atoms with Crippen molar-refractivity contribution in [2.24, 2.45) is 5.41 Å². The quantitative estimate of drug-likeness (QED) is 0.598. The molecule has 2 atom stereocenters. The first-order chi connectivity index (χ1) is 7.14. The molecule has 0 bridgehead atoms. The molecule has 0 aromatic rings. The van der Waals surface area contributed by atoms with Gasteiger partial charge in [-0.3, -0.25) is 9.36 Å². The van der Waals surface area contributed by atoms with Crippen LogP contribution in [0.5, 0.6) is 0 Å². The van der Waals surface area contributed by atoms with Crippen LogP contribution in [-0.2, 0) is 18.6 Å². The Balaban J connectivity index is 4.82. The lowest BCUT2D eigenvalue weighted by atomic mass is 9.87. The first kappa shape index (κ1) is 15.6. The molecule has 1 unspecified atom stereocenters. The van der Waals surface area contributed by atoms with Crippen molar-refractivity contribution < 1.29 is 18.6 Å². The van der Waals surface area contributed by atoms with E-state index >= 15 is 0 Å². The lowest BCUT2D eigenvalue weighted by molar-refractivity contribution is -0.145. The Morgan fingerprint density at radius 2 is 1.94 bits per heavy atom. The molecular weight excluding hydrogens is 229 g/mol. The number of hydrogen-bond acceptors (Lipinski definition) is 4. The van der Waals surface area contributed by atoms with Gasteiger partial charge in [0.15, 0.2) is 0 Å². The van der Waals surface area contributed by atoms with Crippen LogP contribution in [-0.4, -0.2) is 32.4 Å². The van der Waals surface area contributed by atoms with Crippen LogP contribution >= 0.6 is 7.52 Å². The Labute approximate surface area is 97.4 Å². The van der Waals surface area contributed by atoms with Crippen molar-refractivity contribution in [2.45, 2.75) is 33.7 Å². The number of carbonyl (C=O) groups excluding carboxylic acids is 1. The molecule has 1 N–H and O–H groups in total. The summed E-state index contributed by atoms with van der Waals surface area (Å²) in [6, 6.07) is -0.653. The maximum absolute atomic E-state index is 12.0. The van der Waals surface area contributed by atoms with Crippen LogP contribution in [0.25, 0.3) is 0 Å². The Hall–Kier alpha value is -0.380. The van der Waals surface area contributed by atoms with Crippen LogP contribution in [0.15, 0.2) is 0 Å². The highest BCUT2D eigenvalue weighted by Crippen LogP contribution is 2.40. The standard InChI is InChI=1S/C10H22NO4P/c1-7-15-16(6,13)11-8(9(12)14-5)10(2,3)4/h8H,7H2,1-6H3,(H,11,13)/t8-,16?/m0/s1. The van der Waals surface area contributed by atoms with Crippen molar-refractivity contribution in [3.05, 3.63) is 0 Å². The average molecular weight is 251 g/mol. The topological polar surface area (TPSA) is 64.6 Å². The minimum absolute atomic E-state index is 0.332. The molecule has 0 radical (unpaired) electrons. The van der Waals surface area contributed by atoms with Crippen LogP contribution in [0.4, 0.5) is 0 Å². The number of hydrogen-bond donors (Lipinski definition) is 1. The number of ether oxygens (including phenoxy) is 1. The average Bonchev–Trinajstić information content (AvgIpc) is 2.11. The van der Waals surface area contributed by atoms with Crippen molar-refractivity contribution in [3.63, 3.8) is 0 Å². The summed E-state index contributed by atoms with van der Waals surface area (Å²) in [5.41, 5.74) is -0.393. The highest BCUT2D eigenvalue weighted by Gasteiger charge is 2.36. The van der Waals surface area contributed by atoms with Crippen LogP contribution in [0.2, 0.25) is 0 Å². The Morgan fingerprint density at radius 1 is 1.44 bits per heavy atom. The predicted molar refractivity (Wildman–Crippen MR) is 63.6 cm³/mol. The van der Waals surface area contributed by atoms with Gasteiger partial charge in [-0.05, 0) is 12.3 Å². The second kappa shape index (κ2) is 5.80. The molecule has 16 heavy (non-hydrogen) atoms. The van der Waals surface area contributed by atoms with E-state index in [9.17, 15) is 9.36 Å². The fourth-order valence-electron chi connectivity index (χ4n) is 1.24. The molecule has 5 nitrogen and oxygen atoms in total. The van der Waals surface area contributed by atoms with E-state index in [1.54, 1.807) is 6.92 Å². The maximum Gasteiger partial charge on any atom is 0.323 e. The molecule has 96 valence electrons. The van der Waals surface area contributed by atoms with Crippen molar-refractivity contribution in [2.75, 3.05) is 20.4 Å². The smallest absolute Gasteiger partial charge is 0.323 e. The molecule has 0 amide bonds. The van der Waals surface area contributed by atoms with Gasteiger partial charge in [0.2, 0.25) is 0 Å². The SMILES string of the molecule is CCOP(C)(=O)N[C@@H](C(=O)OC)C(C)(C)C. The summed E-state index contributed by atoms with van der Waals surface area (Å²) in [5.74, 6) is -0.436. The number of esters is 1. The third-order valence-electron chi connectivity index (χ3n) is 2.04. The molecule has 0 saturated heterocycles. The van der Waals surface area contributed by atoms with Crippen molar-refractivity contribution in [3.8, 4) is 0 Å². The van der Waals surface area contributed by atoms with Gasteiger partial charge in [0.1, 0.15) is 6.04 Å². The Morgan fingerprint density at radius 3 is 2.25 bits per heavy atom. The minimum Gasteiger partial charge on any atom is -0.468 e. The molecule has 0 aromatic heterocycles. The zero-order valence-electron chi connectivity index (χ0n) is 10.9. The lowest BCUT2D eigenvalue weighted by Crippen LogP contribution is -2.45. The van der Waals surface area contributed by atoms with E-state index < -0.39 is 24.9 Å². The summed E-state index contributed by atoms with van der Waals surface area (Å²) in [4.78, 5) is 11.6. The molecule has 0 saturated carbocycles. The predicted octanol–water partition coefficient (Wildman–Crippen LogP) is 2.02. The molecule has 0 heterocycles. The van der Waals surface area contributed by atoms with E-state index in [-0.39, 0.29) is 0 Å². The minimum atomic E-state index is -2.96. The molecule has 0 spiro atoms. The largest absolute Gasteiger partial charge is 0.468 e. The van der Waals surface area contributed by atoms with Gasteiger partial charge < -0.3 is 9.26 Å². The third-order valence-corrected chi connectivity index (χ3v) is 3.52. The van der Waals surface area contributed by atoms with Gasteiger partial charge in [-0.1, -0.05) is 20.8 Å². The van der Waals surface area contributed by atoms with E-state index in [0.29, 0.717) is 6.61 Å². The maximum atomic E-state index is 12.0. The first-order valence-corrected chi connectivity index (χ1v) is 7.29. The number of rotatable bonds is 5. The van der Waals surface area contributed by atoms with Gasteiger partial charge in [0, 0.05) is 6.66 Å². The first-order valence-electron chi connectivity index (χ1n) is 5.21. The molecular formula is C10H22NO4P. The van der Waals surface area contributed by atoms with Crippen molar-refractivity contribution in [1.82, 2.24) is 5.09 Å². The summed E-state index contributed by atoms with van der Waals surface area (Å²) in [6.45, 7) is 9.15. The number of nitrogens with one attached hydrogen (secondary N) is 1.